The molecule has 0 bridgehead atoms. The first kappa shape index (κ1) is 31.5. The fraction of sp³-hybridized carbons (Fsp3) is 0.290. The molecule has 2 N–H and O–H groups in total. The number of methoxy groups -OCH3 is 1. The van der Waals surface area contributed by atoms with Gasteiger partial charge < -0.3 is 15.0 Å². The second-order valence-electron chi connectivity index (χ2n) is 10.6. The molecule has 0 unspecified atom stereocenters. The number of imidazole rings is 1. The van der Waals surface area contributed by atoms with E-state index in [4.69, 9.17) is 16.3 Å². The number of carbonyl (C=O) groups is 1. The summed E-state index contributed by atoms with van der Waals surface area (Å²) in [5, 5.41) is 3.42. The highest BCUT2D eigenvalue weighted by molar-refractivity contribution is 7.98. The topological polar surface area (TPSA) is 60.6 Å². The molecule has 0 fully saturated rings. The maximum atomic E-state index is 15.2. The number of carbonyl (C=O) groups excluding carboxylic acids is 1. The van der Waals surface area contributed by atoms with E-state index in [2.05, 4.69) is 10.3 Å². The fourth-order valence-corrected chi connectivity index (χ4v) is 5.83. The summed E-state index contributed by atoms with van der Waals surface area (Å²) in [5.74, 6) is -1.62. The highest BCUT2D eigenvalue weighted by Crippen LogP contribution is 2.39. The normalized spacial score (nSPS) is 11.7. The van der Waals surface area contributed by atoms with Crippen molar-refractivity contribution in [3.05, 3.63) is 106 Å². The second-order valence-corrected chi connectivity index (χ2v) is 12.0. The highest BCUT2D eigenvalue weighted by Gasteiger charge is 2.30. The van der Waals surface area contributed by atoms with Gasteiger partial charge in [0.2, 0.25) is 0 Å². The molecule has 1 amide bonds. The molecular weight excluding hydrogens is 585 g/mol. The lowest BCUT2D eigenvalue weighted by Crippen LogP contribution is -3.06. The minimum atomic E-state index is -0.687. The molecule has 42 heavy (non-hydrogen) atoms. The first-order chi connectivity index (χ1) is 19.9. The monoisotopic (exact) mass is 617 g/mol. The summed E-state index contributed by atoms with van der Waals surface area (Å²) in [7, 11) is 5.35. The number of nitrogens with one attached hydrogen (secondary N) is 2. The average Bonchev–Trinajstić information content (AvgIpc) is 3.37. The van der Waals surface area contributed by atoms with Gasteiger partial charge in [-0.05, 0) is 54.1 Å². The van der Waals surface area contributed by atoms with E-state index in [0.717, 1.165) is 17.8 Å². The van der Waals surface area contributed by atoms with Crippen molar-refractivity contribution < 1.29 is 27.6 Å². The van der Waals surface area contributed by atoms with Crippen molar-refractivity contribution in [1.82, 2.24) is 14.9 Å². The Labute approximate surface area is 252 Å². The second kappa shape index (κ2) is 13.2. The fourth-order valence-electron chi connectivity index (χ4n) is 4.45. The molecule has 0 atom stereocenters. The van der Waals surface area contributed by atoms with E-state index in [-0.39, 0.29) is 27.7 Å². The molecule has 0 radical (unpaired) electrons. The zero-order valence-electron chi connectivity index (χ0n) is 24.0. The number of rotatable bonds is 11. The van der Waals surface area contributed by atoms with Crippen LogP contribution in [0.2, 0.25) is 5.02 Å². The van der Waals surface area contributed by atoms with Crippen LogP contribution in [-0.2, 0) is 11.2 Å². The molecule has 0 aliphatic rings. The lowest BCUT2D eigenvalue weighted by atomic mass is 9.81. The van der Waals surface area contributed by atoms with E-state index in [0.29, 0.717) is 17.4 Å². The van der Waals surface area contributed by atoms with Gasteiger partial charge in [-0.15, -0.1) is 0 Å². The van der Waals surface area contributed by atoms with Crippen LogP contribution in [0, 0.1) is 17.5 Å². The Morgan fingerprint density at radius 1 is 1.07 bits per heavy atom. The Morgan fingerprint density at radius 2 is 1.79 bits per heavy atom. The molecule has 0 spiro atoms. The summed E-state index contributed by atoms with van der Waals surface area (Å²) in [6, 6.07) is 13.3. The number of hydrogen-bond acceptors (Lipinski definition) is 4. The maximum Gasteiger partial charge on any atom is 0.251 e. The van der Waals surface area contributed by atoms with Crippen molar-refractivity contribution in [2.24, 2.45) is 0 Å². The van der Waals surface area contributed by atoms with Crippen molar-refractivity contribution in [1.29, 1.82) is 0 Å². The minimum absolute atomic E-state index is 0.115. The standard InChI is InChI=1S/C31H32ClF3N4O2S/c1-31(2,20-6-11-25(34)27(16-20)41-5)28-17-37-30(39(28)22-9-7-21(33)8-10-22)42-18-23-24(32)14-19(15-26(23)35)29(40)36-12-13-38(3)4/h6-11,14-17H,12-13,18H2,1-5H3,(H,36,40)/p+1. The third-order valence-corrected chi connectivity index (χ3v) is 8.30. The molecule has 0 aliphatic carbocycles. The Balaban J connectivity index is 1.66. The predicted octanol–water partition coefficient (Wildman–Crippen LogP) is 5.44. The Morgan fingerprint density at radius 3 is 2.43 bits per heavy atom. The number of ether oxygens (including phenoxy) is 1. The highest BCUT2D eigenvalue weighted by atomic mass is 35.5. The van der Waals surface area contributed by atoms with E-state index < -0.39 is 28.8 Å². The quantitative estimate of drug-likeness (QED) is 0.220. The number of thioether (sulfide) groups is 1. The van der Waals surface area contributed by atoms with Gasteiger partial charge in [0.15, 0.2) is 16.7 Å². The van der Waals surface area contributed by atoms with Gasteiger partial charge in [-0.2, -0.15) is 0 Å². The summed E-state index contributed by atoms with van der Waals surface area (Å²) in [5.41, 5.74) is 1.85. The number of aromatic nitrogens is 2. The largest absolute Gasteiger partial charge is 0.494 e. The van der Waals surface area contributed by atoms with Crippen LogP contribution in [0.3, 0.4) is 0 Å². The summed E-state index contributed by atoms with van der Waals surface area (Å²) >= 11 is 7.70. The molecule has 0 saturated heterocycles. The lowest BCUT2D eigenvalue weighted by molar-refractivity contribution is -0.856. The molecular formula is C31H33ClF3N4O2S+. The molecule has 222 valence electrons. The van der Waals surface area contributed by atoms with E-state index in [1.54, 1.807) is 30.5 Å². The maximum absolute atomic E-state index is 15.2. The zero-order valence-corrected chi connectivity index (χ0v) is 25.6. The van der Waals surface area contributed by atoms with Crippen LogP contribution in [0.25, 0.3) is 5.69 Å². The van der Waals surface area contributed by atoms with Gasteiger partial charge in [0.05, 0.1) is 46.2 Å². The molecule has 11 heteroatoms. The van der Waals surface area contributed by atoms with Crippen LogP contribution in [-0.4, -0.2) is 49.8 Å². The van der Waals surface area contributed by atoms with Gasteiger partial charge in [0.25, 0.3) is 5.91 Å². The average molecular weight is 618 g/mol. The summed E-state index contributed by atoms with van der Waals surface area (Å²) in [6.45, 7) is 5.11. The summed E-state index contributed by atoms with van der Waals surface area (Å²) in [4.78, 5) is 18.3. The van der Waals surface area contributed by atoms with Crippen LogP contribution < -0.4 is 15.0 Å². The Hall–Kier alpha value is -3.47. The number of nitrogens with zero attached hydrogens (tertiary/aromatic N) is 2. The lowest BCUT2D eigenvalue weighted by Gasteiger charge is -2.28. The third kappa shape index (κ3) is 6.94. The SMILES string of the molecule is COc1cc(C(C)(C)c2cnc(SCc3c(F)cc(C(=O)NCC[NH+](C)C)cc3Cl)n2-c2ccc(F)cc2)ccc1F. The summed E-state index contributed by atoms with van der Waals surface area (Å²) in [6.07, 6.45) is 1.70. The van der Waals surface area contributed by atoms with Gasteiger partial charge in [-0.1, -0.05) is 43.3 Å². The van der Waals surface area contributed by atoms with E-state index in [1.165, 1.54) is 54.1 Å². The minimum Gasteiger partial charge on any atom is -0.494 e. The van der Waals surface area contributed by atoms with E-state index in [9.17, 15) is 13.6 Å². The molecule has 4 rings (SSSR count). The molecule has 4 aromatic rings. The number of amides is 1. The molecule has 0 saturated carbocycles. The number of likely N-dealkylation sites (N-methyl/N-ethyl adjacent to an activating group) is 1. The first-order valence-corrected chi connectivity index (χ1v) is 14.6. The van der Waals surface area contributed by atoms with Crippen LogP contribution in [0.5, 0.6) is 5.75 Å². The molecule has 3 aromatic carbocycles. The predicted molar refractivity (Wildman–Crippen MR) is 160 cm³/mol. The zero-order chi connectivity index (χ0) is 30.6. The van der Waals surface area contributed by atoms with Gasteiger partial charge >= 0.3 is 0 Å². The number of quaternary nitrogens is 1. The van der Waals surface area contributed by atoms with Gasteiger partial charge in [0, 0.05) is 33.0 Å². The Bertz CT molecular complexity index is 1550. The van der Waals surface area contributed by atoms with Crippen LogP contribution in [0.1, 0.15) is 41.0 Å². The van der Waals surface area contributed by atoms with Crippen molar-refractivity contribution in [2.75, 3.05) is 34.3 Å². The van der Waals surface area contributed by atoms with E-state index >= 15 is 4.39 Å². The van der Waals surface area contributed by atoms with Crippen molar-refractivity contribution in [3.8, 4) is 11.4 Å². The van der Waals surface area contributed by atoms with Crippen LogP contribution in [0.15, 0.2) is 66.0 Å². The number of halogens is 4. The molecule has 6 nitrogen and oxygen atoms in total. The third-order valence-electron chi connectivity index (χ3n) is 6.99. The first-order valence-electron chi connectivity index (χ1n) is 13.3. The Kier molecular flexibility index (Phi) is 9.91. The van der Waals surface area contributed by atoms with Crippen molar-refractivity contribution in [3.63, 3.8) is 0 Å². The smallest absolute Gasteiger partial charge is 0.251 e. The number of benzene rings is 3. The molecule has 1 aromatic heterocycles. The van der Waals surface area contributed by atoms with Gasteiger partial charge in [0.1, 0.15) is 11.6 Å². The van der Waals surface area contributed by atoms with Gasteiger partial charge in [-0.3, -0.25) is 9.36 Å². The van der Waals surface area contributed by atoms with Crippen LogP contribution >= 0.6 is 23.4 Å². The van der Waals surface area contributed by atoms with E-state index in [1.807, 2.05) is 32.5 Å². The van der Waals surface area contributed by atoms with Crippen molar-refractivity contribution >= 4 is 29.3 Å². The van der Waals surface area contributed by atoms with Crippen molar-refractivity contribution in [2.45, 2.75) is 30.2 Å². The molecule has 1 heterocycles. The summed E-state index contributed by atoms with van der Waals surface area (Å²) < 4.78 is 50.3. The molecule has 0 aliphatic heterocycles. The van der Waals surface area contributed by atoms with Crippen LogP contribution in [0.4, 0.5) is 13.2 Å². The number of hydrogen-bond donors (Lipinski definition) is 2. The van der Waals surface area contributed by atoms with Gasteiger partial charge in [-0.25, -0.2) is 18.2 Å².